The molecule has 1 aliphatic heterocycles. The van der Waals surface area contributed by atoms with Crippen LogP contribution < -0.4 is 0 Å². The fourth-order valence-corrected chi connectivity index (χ4v) is 0.0962. The molecule has 0 bridgehead atoms. The zero-order valence-electron chi connectivity index (χ0n) is 5.48. The van der Waals surface area contributed by atoms with Crippen molar-refractivity contribution in [3.63, 3.8) is 0 Å². The van der Waals surface area contributed by atoms with E-state index in [0.717, 1.165) is 6.61 Å². The lowest BCUT2D eigenvalue weighted by atomic mass is 10.6. The van der Waals surface area contributed by atoms with Crippen LogP contribution in [0.2, 0.25) is 0 Å². The Bertz CT molecular complexity index is 48.5. The van der Waals surface area contributed by atoms with Gasteiger partial charge in [-0.05, 0) is 13.8 Å². The smallest absolute Gasteiger partial charge is 0.0781 e. The maximum Gasteiger partial charge on any atom is 0.0781 e. The Labute approximate surface area is 50.5 Å². The number of hydrogen-bond donors (Lipinski definition) is 0. The highest BCUT2D eigenvalue weighted by atomic mass is 16.6. The summed E-state index contributed by atoms with van der Waals surface area (Å²) < 4.78 is 4.71. The topological polar surface area (TPSA) is 44.0 Å². The maximum atomic E-state index is 4.71. The highest BCUT2D eigenvalue weighted by Gasteiger charge is 2.13. The van der Waals surface area contributed by atoms with Crippen LogP contribution in [-0.2, 0) is 4.74 Å². The summed E-state index contributed by atoms with van der Waals surface area (Å²) in [6.45, 7) is 8.29. The lowest BCUT2D eigenvalue weighted by Gasteiger charge is -1.50. The molecule has 0 saturated carbocycles. The van der Waals surface area contributed by atoms with Crippen LogP contribution in [0.15, 0.2) is 12.7 Å². The van der Waals surface area contributed by atoms with Gasteiger partial charge in [-0.25, -0.2) is 0 Å². The van der Waals surface area contributed by atoms with Crippen molar-refractivity contribution in [2.24, 2.45) is 0 Å². The summed E-state index contributed by atoms with van der Waals surface area (Å²) in [6, 6.07) is 0. The molecule has 1 aliphatic rings. The minimum absolute atomic E-state index is 0. The molecule has 1 atom stereocenters. The predicted molar refractivity (Wildman–Crippen MR) is 34.9 cm³/mol. The Kier molecular flexibility index (Phi) is 8.83. The van der Waals surface area contributed by atoms with Crippen LogP contribution in [0.4, 0.5) is 0 Å². The normalized spacial score (nSPS) is 21.5. The standard InChI is InChI=1S/C3H6O.C3H6.H2O/c1-3-2-4-3;1-3-2;/h3H,2H2,1H3;3H,1H2,2H3;1H2. The van der Waals surface area contributed by atoms with E-state index in [1.165, 1.54) is 0 Å². The van der Waals surface area contributed by atoms with Gasteiger partial charge in [-0.15, -0.1) is 6.58 Å². The number of epoxide rings is 1. The molecule has 2 N–H and O–H groups in total. The molecule has 8 heavy (non-hydrogen) atoms. The highest BCUT2D eigenvalue weighted by molar-refractivity contribution is 4.58. The number of hydrogen-bond acceptors (Lipinski definition) is 1. The van der Waals surface area contributed by atoms with Crippen molar-refractivity contribution in [3.05, 3.63) is 12.7 Å². The Balaban J connectivity index is 0. The maximum absolute atomic E-state index is 4.71. The molecule has 0 aromatic carbocycles. The van der Waals surface area contributed by atoms with E-state index in [-0.39, 0.29) is 5.48 Å². The van der Waals surface area contributed by atoms with Gasteiger partial charge in [0.05, 0.1) is 12.7 Å². The van der Waals surface area contributed by atoms with Crippen LogP contribution in [0.1, 0.15) is 13.8 Å². The molecule has 1 saturated heterocycles. The van der Waals surface area contributed by atoms with Crippen molar-refractivity contribution in [2.75, 3.05) is 6.61 Å². The zero-order chi connectivity index (χ0) is 5.70. The van der Waals surface area contributed by atoms with Crippen molar-refractivity contribution >= 4 is 0 Å². The minimum Gasteiger partial charge on any atom is -0.412 e. The first kappa shape index (κ1) is 10.6. The van der Waals surface area contributed by atoms with E-state index in [9.17, 15) is 0 Å². The van der Waals surface area contributed by atoms with Gasteiger partial charge < -0.3 is 10.2 Å². The Morgan fingerprint density at radius 2 is 1.88 bits per heavy atom. The van der Waals surface area contributed by atoms with E-state index < -0.39 is 0 Å². The van der Waals surface area contributed by atoms with Gasteiger partial charge in [0.1, 0.15) is 0 Å². The van der Waals surface area contributed by atoms with Gasteiger partial charge in [0.15, 0.2) is 0 Å². The van der Waals surface area contributed by atoms with Crippen LogP contribution in [0.3, 0.4) is 0 Å². The predicted octanol–water partition coefficient (Wildman–Crippen LogP) is 0.773. The third-order valence-electron chi connectivity index (χ3n) is 0.500. The van der Waals surface area contributed by atoms with Gasteiger partial charge in [-0.3, -0.25) is 0 Å². The SMILES string of the molecule is C=CC.CC1CO1.O. The summed E-state index contributed by atoms with van der Waals surface area (Å²) in [6.07, 6.45) is 2.33. The highest BCUT2D eigenvalue weighted by Crippen LogP contribution is 2.04. The summed E-state index contributed by atoms with van der Waals surface area (Å²) >= 11 is 0. The van der Waals surface area contributed by atoms with Gasteiger partial charge in [0.2, 0.25) is 0 Å². The Morgan fingerprint density at radius 3 is 1.88 bits per heavy atom. The van der Waals surface area contributed by atoms with Gasteiger partial charge in [-0.2, -0.15) is 0 Å². The van der Waals surface area contributed by atoms with Gasteiger partial charge >= 0.3 is 0 Å². The van der Waals surface area contributed by atoms with Crippen molar-refractivity contribution in [1.82, 2.24) is 0 Å². The molecular weight excluding hydrogens is 104 g/mol. The molecule has 0 spiro atoms. The monoisotopic (exact) mass is 118 g/mol. The molecule has 1 heterocycles. The second-order valence-electron chi connectivity index (χ2n) is 1.55. The third-order valence-corrected chi connectivity index (χ3v) is 0.500. The van der Waals surface area contributed by atoms with E-state index in [2.05, 4.69) is 13.5 Å². The molecule has 50 valence electrons. The molecule has 1 unspecified atom stereocenters. The van der Waals surface area contributed by atoms with Crippen LogP contribution >= 0.6 is 0 Å². The van der Waals surface area contributed by atoms with Crippen LogP contribution in [-0.4, -0.2) is 18.2 Å². The first-order chi connectivity index (χ1) is 3.31. The molecule has 0 aliphatic carbocycles. The second-order valence-corrected chi connectivity index (χ2v) is 1.55. The molecule has 0 radical (unpaired) electrons. The van der Waals surface area contributed by atoms with Gasteiger partial charge in [-0.1, -0.05) is 6.08 Å². The summed E-state index contributed by atoms with van der Waals surface area (Å²) in [5.41, 5.74) is 0. The summed E-state index contributed by atoms with van der Waals surface area (Å²) in [5.74, 6) is 0. The zero-order valence-corrected chi connectivity index (χ0v) is 5.48. The van der Waals surface area contributed by atoms with Crippen LogP contribution in [0.25, 0.3) is 0 Å². The van der Waals surface area contributed by atoms with Crippen molar-refractivity contribution in [1.29, 1.82) is 0 Å². The average Bonchev–Trinajstić information content (AvgIpc) is 2.25. The van der Waals surface area contributed by atoms with E-state index in [1.54, 1.807) is 6.08 Å². The Hall–Kier alpha value is -0.340. The molecule has 0 aromatic rings. The molecule has 1 rings (SSSR count). The Morgan fingerprint density at radius 1 is 1.75 bits per heavy atom. The molecular formula is C6H14O2. The van der Waals surface area contributed by atoms with Crippen molar-refractivity contribution < 1.29 is 10.2 Å². The van der Waals surface area contributed by atoms with Crippen molar-refractivity contribution in [3.8, 4) is 0 Å². The first-order valence-electron chi connectivity index (χ1n) is 2.50. The van der Waals surface area contributed by atoms with E-state index in [0.29, 0.717) is 6.10 Å². The molecule has 2 nitrogen and oxygen atoms in total. The van der Waals surface area contributed by atoms with E-state index >= 15 is 0 Å². The number of allylic oxidation sites excluding steroid dienone is 1. The fourth-order valence-electron chi connectivity index (χ4n) is 0.0962. The van der Waals surface area contributed by atoms with Crippen molar-refractivity contribution in [2.45, 2.75) is 20.0 Å². The van der Waals surface area contributed by atoms with Gasteiger partial charge in [0.25, 0.3) is 0 Å². The molecule has 2 heteroatoms. The largest absolute Gasteiger partial charge is 0.412 e. The van der Waals surface area contributed by atoms with E-state index in [4.69, 9.17) is 4.74 Å². The average molecular weight is 118 g/mol. The lowest BCUT2D eigenvalue weighted by molar-refractivity contribution is 0.423. The van der Waals surface area contributed by atoms with Crippen LogP contribution in [0.5, 0.6) is 0 Å². The van der Waals surface area contributed by atoms with Crippen LogP contribution in [0, 0.1) is 0 Å². The van der Waals surface area contributed by atoms with E-state index in [1.807, 2.05) is 6.92 Å². The third kappa shape index (κ3) is 17.4. The first-order valence-corrected chi connectivity index (χ1v) is 2.50. The summed E-state index contributed by atoms with van der Waals surface area (Å²) in [4.78, 5) is 0. The second kappa shape index (κ2) is 6.66. The molecule has 0 aromatic heterocycles. The van der Waals surface area contributed by atoms with Gasteiger partial charge in [0, 0.05) is 0 Å². The number of ether oxygens (including phenoxy) is 1. The quantitative estimate of drug-likeness (QED) is 0.342. The lowest BCUT2D eigenvalue weighted by Crippen LogP contribution is -1.60. The minimum atomic E-state index is 0. The molecule has 1 fully saturated rings. The number of rotatable bonds is 0. The summed E-state index contributed by atoms with van der Waals surface area (Å²) in [5, 5.41) is 0. The summed E-state index contributed by atoms with van der Waals surface area (Å²) in [7, 11) is 0. The fraction of sp³-hybridized carbons (Fsp3) is 0.667. The molecule has 0 amide bonds.